The molecule has 0 N–H and O–H groups in total. The van der Waals surface area contributed by atoms with E-state index in [-0.39, 0.29) is 0 Å². The molecular formula is C14H20ClN. The van der Waals surface area contributed by atoms with E-state index in [1.807, 2.05) is 6.07 Å². The minimum Gasteiger partial charge on any atom is -0.296 e. The zero-order chi connectivity index (χ0) is 11.4. The van der Waals surface area contributed by atoms with Crippen LogP contribution in [0.3, 0.4) is 0 Å². The SMILES string of the molecule is CCCCN1CCCC1c1cccc(Cl)c1. The summed E-state index contributed by atoms with van der Waals surface area (Å²) in [7, 11) is 0. The van der Waals surface area contributed by atoms with Crippen molar-refractivity contribution in [3.63, 3.8) is 0 Å². The van der Waals surface area contributed by atoms with Gasteiger partial charge in [0.05, 0.1) is 0 Å². The molecule has 1 atom stereocenters. The largest absolute Gasteiger partial charge is 0.296 e. The summed E-state index contributed by atoms with van der Waals surface area (Å²) in [5.74, 6) is 0. The molecule has 0 bridgehead atoms. The van der Waals surface area contributed by atoms with Crippen molar-refractivity contribution in [1.29, 1.82) is 0 Å². The van der Waals surface area contributed by atoms with E-state index in [9.17, 15) is 0 Å². The molecule has 2 rings (SSSR count). The summed E-state index contributed by atoms with van der Waals surface area (Å²) in [6, 6.07) is 8.95. The van der Waals surface area contributed by atoms with Crippen LogP contribution in [0.2, 0.25) is 5.02 Å². The van der Waals surface area contributed by atoms with Crippen molar-refractivity contribution in [2.24, 2.45) is 0 Å². The van der Waals surface area contributed by atoms with Crippen molar-refractivity contribution < 1.29 is 0 Å². The Balaban J connectivity index is 2.07. The predicted octanol–water partition coefficient (Wildman–Crippen LogP) is 4.28. The molecule has 1 aliphatic heterocycles. The molecule has 0 aromatic heterocycles. The smallest absolute Gasteiger partial charge is 0.0409 e. The first kappa shape index (κ1) is 11.9. The van der Waals surface area contributed by atoms with Gasteiger partial charge in [0.15, 0.2) is 0 Å². The Labute approximate surface area is 103 Å². The van der Waals surface area contributed by atoms with E-state index in [4.69, 9.17) is 11.6 Å². The fourth-order valence-corrected chi connectivity index (χ4v) is 2.75. The lowest BCUT2D eigenvalue weighted by Crippen LogP contribution is -2.24. The molecule has 0 radical (unpaired) electrons. The summed E-state index contributed by atoms with van der Waals surface area (Å²) < 4.78 is 0. The molecule has 1 nitrogen and oxygen atoms in total. The molecule has 1 aromatic rings. The highest BCUT2D eigenvalue weighted by atomic mass is 35.5. The van der Waals surface area contributed by atoms with Crippen LogP contribution in [0.15, 0.2) is 24.3 Å². The van der Waals surface area contributed by atoms with Gasteiger partial charge in [-0.25, -0.2) is 0 Å². The predicted molar refractivity (Wildman–Crippen MR) is 69.9 cm³/mol. The van der Waals surface area contributed by atoms with Crippen LogP contribution in [0, 0.1) is 0 Å². The van der Waals surface area contributed by atoms with Crippen LogP contribution < -0.4 is 0 Å². The second kappa shape index (κ2) is 5.70. The average Bonchev–Trinajstić information content (AvgIpc) is 2.74. The van der Waals surface area contributed by atoms with Gasteiger partial charge < -0.3 is 0 Å². The molecule has 0 amide bonds. The highest BCUT2D eigenvalue weighted by Crippen LogP contribution is 2.32. The molecular weight excluding hydrogens is 218 g/mol. The van der Waals surface area contributed by atoms with Gasteiger partial charge in [0.1, 0.15) is 0 Å². The van der Waals surface area contributed by atoms with Crippen molar-refractivity contribution in [3.8, 4) is 0 Å². The van der Waals surface area contributed by atoms with Crippen LogP contribution in [0.4, 0.5) is 0 Å². The van der Waals surface area contributed by atoms with Crippen molar-refractivity contribution in [2.45, 2.75) is 38.6 Å². The van der Waals surface area contributed by atoms with Crippen molar-refractivity contribution in [3.05, 3.63) is 34.9 Å². The molecule has 0 aliphatic carbocycles. The Morgan fingerprint density at radius 3 is 3.06 bits per heavy atom. The first-order valence-corrected chi connectivity index (χ1v) is 6.68. The van der Waals surface area contributed by atoms with Gasteiger partial charge in [0.25, 0.3) is 0 Å². The third-order valence-electron chi connectivity index (χ3n) is 3.40. The van der Waals surface area contributed by atoms with E-state index >= 15 is 0 Å². The number of hydrogen-bond acceptors (Lipinski definition) is 1. The first-order chi connectivity index (χ1) is 7.81. The van der Waals surface area contributed by atoms with Crippen LogP contribution in [0.1, 0.15) is 44.2 Å². The lowest BCUT2D eigenvalue weighted by atomic mass is 10.0. The maximum atomic E-state index is 6.06. The van der Waals surface area contributed by atoms with Gasteiger partial charge >= 0.3 is 0 Å². The van der Waals surface area contributed by atoms with Crippen molar-refractivity contribution >= 4 is 11.6 Å². The highest BCUT2D eigenvalue weighted by molar-refractivity contribution is 6.30. The summed E-state index contributed by atoms with van der Waals surface area (Å²) >= 11 is 6.06. The van der Waals surface area contributed by atoms with Crippen LogP contribution in [-0.2, 0) is 0 Å². The fraction of sp³-hybridized carbons (Fsp3) is 0.571. The Bertz CT molecular complexity index is 337. The van der Waals surface area contributed by atoms with Gasteiger partial charge in [-0.3, -0.25) is 4.90 Å². The van der Waals surface area contributed by atoms with Crippen molar-refractivity contribution in [1.82, 2.24) is 4.90 Å². The standard InChI is InChI=1S/C14H20ClN/c1-2-3-9-16-10-5-8-14(16)12-6-4-7-13(15)11-12/h4,6-7,11,14H,2-3,5,8-10H2,1H3. The number of hydrogen-bond donors (Lipinski definition) is 0. The van der Waals surface area contributed by atoms with Gasteiger partial charge in [-0.15, -0.1) is 0 Å². The Hall–Kier alpha value is -0.530. The van der Waals surface area contributed by atoms with Gasteiger partial charge in [-0.2, -0.15) is 0 Å². The quantitative estimate of drug-likeness (QED) is 0.756. The molecule has 1 fully saturated rings. The molecule has 1 heterocycles. The number of nitrogens with zero attached hydrogens (tertiary/aromatic N) is 1. The molecule has 1 saturated heterocycles. The molecule has 1 aromatic carbocycles. The first-order valence-electron chi connectivity index (χ1n) is 6.31. The molecule has 0 spiro atoms. The molecule has 88 valence electrons. The van der Waals surface area contributed by atoms with Crippen LogP contribution >= 0.6 is 11.6 Å². The Kier molecular flexibility index (Phi) is 4.25. The number of halogens is 1. The number of benzene rings is 1. The van der Waals surface area contributed by atoms with Crippen LogP contribution in [0.5, 0.6) is 0 Å². The lowest BCUT2D eigenvalue weighted by molar-refractivity contribution is 0.253. The monoisotopic (exact) mass is 237 g/mol. The maximum absolute atomic E-state index is 6.06. The zero-order valence-corrected chi connectivity index (χ0v) is 10.7. The van der Waals surface area contributed by atoms with E-state index in [1.165, 1.54) is 44.3 Å². The Morgan fingerprint density at radius 2 is 2.31 bits per heavy atom. The number of rotatable bonds is 4. The second-order valence-corrected chi connectivity index (χ2v) is 5.04. The lowest BCUT2D eigenvalue weighted by Gasteiger charge is -2.24. The summed E-state index contributed by atoms with van der Waals surface area (Å²) in [6.07, 6.45) is 5.18. The van der Waals surface area contributed by atoms with Crippen LogP contribution in [0.25, 0.3) is 0 Å². The molecule has 1 aliphatic rings. The number of likely N-dealkylation sites (tertiary alicyclic amines) is 1. The summed E-state index contributed by atoms with van der Waals surface area (Å²) in [5.41, 5.74) is 1.39. The van der Waals surface area contributed by atoms with Gasteiger partial charge in [-0.1, -0.05) is 37.1 Å². The fourth-order valence-electron chi connectivity index (χ4n) is 2.55. The topological polar surface area (TPSA) is 3.24 Å². The van der Waals surface area contributed by atoms with Gasteiger partial charge in [0, 0.05) is 11.1 Å². The molecule has 2 heteroatoms. The van der Waals surface area contributed by atoms with E-state index in [0.717, 1.165) is 5.02 Å². The van der Waals surface area contributed by atoms with E-state index < -0.39 is 0 Å². The van der Waals surface area contributed by atoms with E-state index in [2.05, 4.69) is 30.0 Å². The minimum absolute atomic E-state index is 0.602. The zero-order valence-electron chi connectivity index (χ0n) is 9.95. The third kappa shape index (κ3) is 2.78. The summed E-state index contributed by atoms with van der Waals surface area (Å²) in [5, 5.41) is 0.861. The Morgan fingerprint density at radius 1 is 1.44 bits per heavy atom. The third-order valence-corrected chi connectivity index (χ3v) is 3.63. The van der Waals surface area contributed by atoms with E-state index in [0.29, 0.717) is 6.04 Å². The summed E-state index contributed by atoms with van der Waals surface area (Å²) in [4.78, 5) is 2.61. The highest BCUT2D eigenvalue weighted by Gasteiger charge is 2.25. The summed E-state index contributed by atoms with van der Waals surface area (Å²) in [6.45, 7) is 4.73. The molecule has 0 saturated carbocycles. The normalized spacial score (nSPS) is 21.5. The number of unbranched alkanes of at least 4 members (excludes halogenated alkanes) is 1. The second-order valence-electron chi connectivity index (χ2n) is 4.60. The maximum Gasteiger partial charge on any atom is 0.0409 e. The van der Waals surface area contributed by atoms with Crippen LogP contribution in [-0.4, -0.2) is 18.0 Å². The van der Waals surface area contributed by atoms with E-state index in [1.54, 1.807) is 0 Å². The average molecular weight is 238 g/mol. The minimum atomic E-state index is 0.602. The molecule has 1 unspecified atom stereocenters. The van der Waals surface area contributed by atoms with Gasteiger partial charge in [-0.05, 0) is 50.0 Å². The van der Waals surface area contributed by atoms with Gasteiger partial charge in [0.2, 0.25) is 0 Å². The molecule has 16 heavy (non-hydrogen) atoms. The van der Waals surface area contributed by atoms with Crippen molar-refractivity contribution in [2.75, 3.05) is 13.1 Å².